The number of phenolic OH excluding ortho intramolecular Hbond substituents is 1. The van der Waals surface area contributed by atoms with Crippen molar-refractivity contribution in [2.45, 2.75) is 45.1 Å². The Balaban J connectivity index is 1.91. The van der Waals surface area contributed by atoms with Crippen LogP contribution in [0.2, 0.25) is 0 Å². The van der Waals surface area contributed by atoms with Gasteiger partial charge in [-0.2, -0.15) is 0 Å². The number of hydrogen-bond donors (Lipinski definition) is 1. The maximum absolute atomic E-state index is 12.2. The number of rotatable bonds is 6. The van der Waals surface area contributed by atoms with E-state index < -0.39 is 0 Å². The molecule has 1 aromatic carbocycles. The fourth-order valence-corrected chi connectivity index (χ4v) is 2.95. The van der Waals surface area contributed by atoms with Gasteiger partial charge in [0.25, 0.3) is 0 Å². The summed E-state index contributed by atoms with van der Waals surface area (Å²) in [5.41, 5.74) is 1.12. The molecule has 0 aliphatic carbocycles. The molecule has 116 valence electrons. The van der Waals surface area contributed by atoms with Crippen LogP contribution < -0.4 is 0 Å². The van der Waals surface area contributed by atoms with Gasteiger partial charge in [0, 0.05) is 19.2 Å². The highest BCUT2D eigenvalue weighted by Crippen LogP contribution is 2.22. The highest BCUT2D eigenvalue weighted by atomic mass is 16.5. The molecule has 1 aromatic rings. The molecule has 1 saturated heterocycles. The Morgan fingerprint density at radius 3 is 3.05 bits per heavy atom. The fraction of sp³-hybridized carbons (Fsp3) is 0.588. The molecule has 0 radical (unpaired) electrons. The number of likely N-dealkylation sites (tertiary alicyclic amines) is 1. The van der Waals surface area contributed by atoms with Crippen molar-refractivity contribution >= 4 is 5.91 Å². The average molecular weight is 291 g/mol. The molecular formula is C17H25NO3. The van der Waals surface area contributed by atoms with Gasteiger partial charge in [-0.1, -0.05) is 12.1 Å². The Kier molecular flexibility index (Phi) is 6.05. The van der Waals surface area contributed by atoms with Gasteiger partial charge >= 0.3 is 0 Å². The van der Waals surface area contributed by atoms with Gasteiger partial charge in [0.15, 0.2) is 0 Å². The minimum atomic E-state index is 0.109. The number of aryl methyl sites for hydroxylation is 1. The van der Waals surface area contributed by atoms with Crippen LogP contribution in [0.1, 0.15) is 38.2 Å². The summed E-state index contributed by atoms with van der Waals surface area (Å²) in [7, 11) is 0. The molecule has 0 bridgehead atoms. The standard InChI is InChI=1S/C17H25NO3/c1-2-21-13-17(20)18-11-4-3-7-15(18)10-9-14-6-5-8-16(19)12-14/h5-6,8,12,15,19H,2-4,7,9-11,13H2,1H3/t15-/m1/s1. The number of phenols is 1. The molecule has 4 heteroatoms. The van der Waals surface area contributed by atoms with Crippen LogP contribution >= 0.6 is 0 Å². The molecule has 0 aromatic heterocycles. The second-order valence-corrected chi connectivity index (χ2v) is 5.58. The molecule has 2 rings (SSSR count). The first-order valence-corrected chi connectivity index (χ1v) is 7.86. The van der Waals surface area contributed by atoms with E-state index in [2.05, 4.69) is 0 Å². The minimum absolute atomic E-state index is 0.109. The van der Waals surface area contributed by atoms with Gasteiger partial charge < -0.3 is 14.7 Å². The first kappa shape index (κ1) is 15.8. The van der Waals surface area contributed by atoms with Gasteiger partial charge in [0.1, 0.15) is 12.4 Å². The van der Waals surface area contributed by atoms with Crippen molar-refractivity contribution in [3.63, 3.8) is 0 Å². The summed E-state index contributed by atoms with van der Waals surface area (Å²) in [6.45, 7) is 3.52. The first-order valence-electron chi connectivity index (χ1n) is 7.86. The van der Waals surface area contributed by atoms with E-state index in [9.17, 15) is 9.90 Å². The molecule has 0 saturated carbocycles. The Bertz CT molecular complexity index is 461. The normalized spacial score (nSPS) is 18.7. The number of carbonyl (C=O) groups excluding carboxylic acids is 1. The van der Waals surface area contributed by atoms with E-state index in [0.717, 1.165) is 37.8 Å². The van der Waals surface area contributed by atoms with Gasteiger partial charge in [0.05, 0.1) is 0 Å². The molecule has 0 unspecified atom stereocenters. The van der Waals surface area contributed by atoms with Crippen molar-refractivity contribution in [2.24, 2.45) is 0 Å². The van der Waals surface area contributed by atoms with Gasteiger partial charge in [0.2, 0.25) is 5.91 Å². The largest absolute Gasteiger partial charge is 0.508 e. The van der Waals surface area contributed by atoms with Crippen LogP contribution in [0.4, 0.5) is 0 Å². The smallest absolute Gasteiger partial charge is 0.248 e. The van der Waals surface area contributed by atoms with Crippen LogP contribution in [-0.4, -0.2) is 41.7 Å². The molecule has 1 amide bonds. The summed E-state index contributed by atoms with van der Waals surface area (Å²) >= 11 is 0. The topological polar surface area (TPSA) is 49.8 Å². The fourth-order valence-electron chi connectivity index (χ4n) is 2.95. The molecule has 1 heterocycles. The highest BCUT2D eigenvalue weighted by Gasteiger charge is 2.26. The van der Waals surface area contributed by atoms with Gasteiger partial charge in [-0.15, -0.1) is 0 Å². The highest BCUT2D eigenvalue weighted by molar-refractivity contribution is 5.77. The van der Waals surface area contributed by atoms with Crippen LogP contribution in [0, 0.1) is 0 Å². The van der Waals surface area contributed by atoms with Crippen molar-refractivity contribution in [2.75, 3.05) is 19.8 Å². The number of piperidine rings is 1. The van der Waals surface area contributed by atoms with E-state index in [4.69, 9.17) is 4.74 Å². The molecule has 1 atom stereocenters. The van der Waals surface area contributed by atoms with E-state index in [1.54, 1.807) is 12.1 Å². The summed E-state index contributed by atoms with van der Waals surface area (Å²) < 4.78 is 5.25. The maximum Gasteiger partial charge on any atom is 0.248 e. The molecule has 21 heavy (non-hydrogen) atoms. The molecular weight excluding hydrogens is 266 g/mol. The number of carbonyl (C=O) groups is 1. The Labute approximate surface area is 126 Å². The summed E-state index contributed by atoms with van der Waals surface area (Å²) in [6, 6.07) is 7.67. The first-order chi connectivity index (χ1) is 10.2. The predicted molar refractivity (Wildman–Crippen MR) is 82.3 cm³/mol. The lowest BCUT2D eigenvalue weighted by Gasteiger charge is -2.36. The SMILES string of the molecule is CCOCC(=O)N1CCCC[C@@H]1CCc1cccc(O)c1. The zero-order valence-corrected chi connectivity index (χ0v) is 12.8. The van der Waals surface area contributed by atoms with Gasteiger partial charge in [-0.25, -0.2) is 0 Å². The van der Waals surface area contributed by atoms with E-state index in [1.807, 2.05) is 24.0 Å². The van der Waals surface area contributed by atoms with E-state index in [-0.39, 0.29) is 12.5 Å². The van der Waals surface area contributed by atoms with Crippen LogP contribution in [-0.2, 0) is 16.0 Å². The van der Waals surface area contributed by atoms with Crippen LogP contribution in [0.5, 0.6) is 5.75 Å². The van der Waals surface area contributed by atoms with Gasteiger partial charge in [-0.3, -0.25) is 4.79 Å². The lowest BCUT2D eigenvalue weighted by molar-refractivity contribution is -0.139. The lowest BCUT2D eigenvalue weighted by Crippen LogP contribution is -2.45. The number of hydrogen-bond acceptors (Lipinski definition) is 3. The van der Waals surface area contributed by atoms with Crippen molar-refractivity contribution < 1.29 is 14.6 Å². The zero-order chi connectivity index (χ0) is 15.1. The van der Waals surface area contributed by atoms with Crippen molar-refractivity contribution in [3.05, 3.63) is 29.8 Å². The second-order valence-electron chi connectivity index (χ2n) is 5.58. The third-order valence-corrected chi connectivity index (χ3v) is 4.05. The van der Waals surface area contributed by atoms with E-state index in [1.165, 1.54) is 6.42 Å². The Hall–Kier alpha value is -1.55. The molecule has 4 nitrogen and oxygen atoms in total. The average Bonchev–Trinajstić information content (AvgIpc) is 2.51. The predicted octanol–water partition coefficient (Wildman–Crippen LogP) is 2.74. The maximum atomic E-state index is 12.2. The summed E-state index contributed by atoms with van der Waals surface area (Å²) in [6.07, 6.45) is 5.17. The molecule has 1 N–H and O–H groups in total. The third-order valence-electron chi connectivity index (χ3n) is 4.05. The number of aromatic hydroxyl groups is 1. The number of nitrogens with zero attached hydrogens (tertiary/aromatic N) is 1. The molecule has 1 fully saturated rings. The summed E-state index contributed by atoms with van der Waals surface area (Å²) in [5.74, 6) is 0.415. The quantitative estimate of drug-likeness (QED) is 0.876. The van der Waals surface area contributed by atoms with E-state index in [0.29, 0.717) is 18.4 Å². The number of benzene rings is 1. The summed E-state index contributed by atoms with van der Waals surface area (Å²) in [5, 5.41) is 9.51. The van der Waals surface area contributed by atoms with Crippen molar-refractivity contribution in [1.29, 1.82) is 0 Å². The van der Waals surface area contributed by atoms with Crippen LogP contribution in [0.15, 0.2) is 24.3 Å². The third kappa shape index (κ3) is 4.74. The number of amides is 1. The lowest BCUT2D eigenvalue weighted by atomic mass is 9.95. The van der Waals surface area contributed by atoms with E-state index >= 15 is 0 Å². The summed E-state index contributed by atoms with van der Waals surface area (Å²) in [4.78, 5) is 14.2. The second kappa shape index (κ2) is 8.03. The number of ether oxygens (including phenoxy) is 1. The van der Waals surface area contributed by atoms with Gasteiger partial charge in [-0.05, 0) is 56.7 Å². The van der Waals surface area contributed by atoms with Crippen molar-refractivity contribution in [1.82, 2.24) is 4.90 Å². The monoisotopic (exact) mass is 291 g/mol. The molecule has 1 aliphatic rings. The van der Waals surface area contributed by atoms with Crippen LogP contribution in [0.25, 0.3) is 0 Å². The zero-order valence-electron chi connectivity index (χ0n) is 12.8. The van der Waals surface area contributed by atoms with Crippen LogP contribution in [0.3, 0.4) is 0 Å². The minimum Gasteiger partial charge on any atom is -0.508 e. The van der Waals surface area contributed by atoms with Crippen molar-refractivity contribution in [3.8, 4) is 5.75 Å². The Morgan fingerprint density at radius 2 is 2.29 bits per heavy atom. The molecule has 0 spiro atoms. The molecule has 1 aliphatic heterocycles. The Morgan fingerprint density at radius 1 is 1.43 bits per heavy atom.